The first kappa shape index (κ1) is 18.0. The Kier molecular flexibility index (Phi) is 4.71. The summed E-state index contributed by atoms with van der Waals surface area (Å²) in [5, 5.41) is 13.8. The number of carbonyl (C=O) groups is 3. The monoisotopic (exact) mass is 361 g/mol. The molecule has 3 rings (SSSR count). The van der Waals surface area contributed by atoms with Gasteiger partial charge in [-0.3, -0.25) is 14.3 Å². The number of carbonyl (C=O) groups excluding carboxylic acids is 2. The van der Waals surface area contributed by atoms with Crippen molar-refractivity contribution in [1.82, 2.24) is 24.5 Å². The minimum Gasteiger partial charge on any atom is -0.465 e. The fourth-order valence-corrected chi connectivity index (χ4v) is 3.36. The second kappa shape index (κ2) is 6.81. The van der Waals surface area contributed by atoms with E-state index in [-0.39, 0.29) is 18.2 Å². The molecule has 2 aliphatic heterocycles. The second-order valence-electron chi connectivity index (χ2n) is 6.97. The molecule has 0 aliphatic carbocycles. The third-order valence-corrected chi connectivity index (χ3v) is 4.75. The van der Waals surface area contributed by atoms with Gasteiger partial charge in [-0.05, 0) is 6.08 Å². The number of nitrogens with zero attached hydrogens (tertiary/aromatic N) is 5. The zero-order valence-electron chi connectivity index (χ0n) is 15.2. The second-order valence-corrected chi connectivity index (χ2v) is 6.97. The van der Waals surface area contributed by atoms with Crippen LogP contribution < -0.4 is 0 Å². The molecule has 0 bridgehead atoms. The summed E-state index contributed by atoms with van der Waals surface area (Å²) >= 11 is 0. The third-order valence-electron chi connectivity index (χ3n) is 4.75. The lowest BCUT2D eigenvalue weighted by molar-refractivity contribution is -0.118. The average molecular weight is 361 g/mol. The van der Waals surface area contributed by atoms with Crippen molar-refractivity contribution in [3.8, 4) is 0 Å². The first-order valence-electron chi connectivity index (χ1n) is 8.48. The van der Waals surface area contributed by atoms with Crippen LogP contribution in [-0.2, 0) is 24.3 Å². The van der Waals surface area contributed by atoms with Crippen molar-refractivity contribution in [3.05, 3.63) is 29.2 Å². The number of carboxylic acid groups (broad SMARTS) is 1. The van der Waals surface area contributed by atoms with E-state index < -0.39 is 12.0 Å². The molecule has 9 nitrogen and oxygen atoms in total. The van der Waals surface area contributed by atoms with Crippen LogP contribution in [0, 0.1) is 5.92 Å². The summed E-state index contributed by atoms with van der Waals surface area (Å²) in [5.74, 6) is -0.678. The minimum absolute atomic E-state index is 0.0631. The van der Waals surface area contributed by atoms with Gasteiger partial charge in [0.05, 0.1) is 24.7 Å². The normalized spacial score (nSPS) is 20.0. The zero-order valence-corrected chi connectivity index (χ0v) is 15.2. The molecule has 1 aromatic rings. The van der Waals surface area contributed by atoms with Crippen LogP contribution in [0.1, 0.15) is 21.7 Å². The van der Waals surface area contributed by atoms with Crippen LogP contribution in [0.4, 0.5) is 4.79 Å². The highest BCUT2D eigenvalue weighted by molar-refractivity contribution is 5.97. The molecule has 2 aliphatic rings. The number of rotatable bonds is 3. The Morgan fingerprint density at radius 3 is 2.69 bits per heavy atom. The van der Waals surface area contributed by atoms with Crippen LogP contribution in [0.5, 0.6) is 0 Å². The van der Waals surface area contributed by atoms with Gasteiger partial charge in [-0.25, -0.2) is 4.79 Å². The quantitative estimate of drug-likeness (QED) is 0.776. The van der Waals surface area contributed by atoms with Gasteiger partial charge in [-0.15, -0.1) is 0 Å². The topological polar surface area (TPSA) is 99.0 Å². The van der Waals surface area contributed by atoms with E-state index in [0.29, 0.717) is 37.3 Å². The van der Waals surface area contributed by atoms with E-state index in [0.717, 1.165) is 5.69 Å². The van der Waals surface area contributed by atoms with Crippen LogP contribution in [0.2, 0.25) is 0 Å². The van der Waals surface area contributed by atoms with Gasteiger partial charge in [0, 0.05) is 52.4 Å². The predicted octanol–water partition coefficient (Wildman–Crippen LogP) is 0.265. The molecule has 26 heavy (non-hydrogen) atoms. The molecular weight excluding hydrogens is 338 g/mol. The van der Waals surface area contributed by atoms with E-state index in [1.165, 1.54) is 15.9 Å². The number of hydrogen-bond donors (Lipinski definition) is 1. The molecule has 0 spiro atoms. The lowest BCUT2D eigenvalue weighted by atomic mass is 10.0. The maximum absolute atomic E-state index is 12.8. The van der Waals surface area contributed by atoms with E-state index in [1.807, 2.05) is 14.1 Å². The molecule has 9 heteroatoms. The molecule has 3 heterocycles. The Balaban J connectivity index is 1.94. The van der Waals surface area contributed by atoms with Gasteiger partial charge in [0.25, 0.3) is 5.91 Å². The Hall–Kier alpha value is -2.84. The largest absolute Gasteiger partial charge is 0.465 e. The fourth-order valence-electron chi connectivity index (χ4n) is 3.36. The van der Waals surface area contributed by atoms with Gasteiger partial charge in [-0.1, -0.05) is 0 Å². The fraction of sp³-hybridized carbons (Fsp3) is 0.529. The molecule has 0 fully saturated rings. The van der Waals surface area contributed by atoms with Gasteiger partial charge >= 0.3 is 6.09 Å². The van der Waals surface area contributed by atoms with Crippen molar-refractivity contribution >= 4 is 17.8 Å². The SMILES string of the molecule is CN(C)/C=C/C(=O)C1CN(C)C(=O)c2c3c(nn2C1)CCN(C(=O)O)C3. The third kappa shape index (κ3) is 3.29. The summed E-state index contributed by atoms with van der Waals surface area (Å²) in [6, 6.07) is 0. The van der Waals surface area contributed by atoms with Crippen molar-refractivity contribution in [2.75, 3.05) is 34.2 Å². The summed E-state index contributed by atoms with van der Waals surface area (Å²) in [4.78, 5) is 41.2. The summed E-state index contributed by atoms with van der Waals surface area (Å²) in [5.41, 5.74) is 1.81. The van der Waals surface area contributed by atoms with Crippen molar-refractivity contribution in [2.24, 2.45) is 5.92 Å². The van der Waals surface area contributed by atoms with Gasteiger partial charge in [0.1, 0.15) is 5.69 Å². The van der Waals surface area contributed by atoms with E-state index in [9.17, 15) is 19.5 Å². The van der Waals surface area contributed by atoms with Crippen molar-refractivity contribution in [1.29, 1.82) is 0 Å². The molecule has 1 aromatic heterocycles. The maximum atomic E-state index is 12.8. The van der Waals surface area contributed by atoms with Crippen LogP contribution in [0.3, 0.4) is 0 Å². The van der Waals surface area contributed by atoms with E-state index in [2.05, 4.69) is 5.10 Å². The highest BCUT2D eigenvalue weighted by Gasteiger charge is 2.35. The lowest BCUT2D eigenvalue weighted by Crippen LogP contribution is -2.36. The van der Waals surface area contributed by atoms with Gasteiger partial charge < -0.3 is 19.8 Å². The van der Waals surface area contributed by atoms with Crippen molar-refractivity contribution in [2.45, 2.75) is 19.5 Å². The highest BCUT2D eigenvalue weighted by Crippen LogP contribution is 2.26. The molecule has 2 amide bonds. The summed E-state index contributed by atoms with van der Waals surface area (Å²) < 4.78 is 1.59. The maximum Gasteiger partial charge on any atom is 0.407 e. The molecule has 0 saturated carbocycles. The molecule has 1 unspecified atom stereocenters. The summed E-state index contributed by atoms with van der Waals surface area (Å²) in [6.07, 6.45) is 2.67. The molecule has 1 atom stereocenters. The average Bonchev–Trinajstić information content (AvgIpc) is 2.89. The van der Waals surface area contributed by atoms with E-state index in [4.69, 9.17) is 0 Å². The lowest BCUT2D eigenvalue weighted by Gasteiger charge is -2.24. The Bertz CT molecular complexity index is 782. The number of ketones is 1. The highest BCUT2D eigenvalue weighted by atomic mass is 16.4. The zero-order chi connectivity index (χ0) is 19.0. The first-order chi connectivity index (χ1) is 12.3. The molecule has 0 aromatic carbocycles. The number of aromatic nitrogens is 2. The summed E-state index contributed by atoms with van der Waals surface area (Å²) in [7, 11) is 5.33. The molecule has 140 valence electrons. The minimum atomic E-state index is -1.01. The number of fused-ring (bicyclic) bond motifs is 3. The van der Waals surface area contributed by atoms with E-state index in [1.54, 1.807) is 22.8 Å². The smallest absolute Gasteiger partial charge is 0.407 e. The van der Waals surface area contributed by atoms with Gasteiger partial charge in [0.15, 0.2) is 5.78 Å². The van der Waals surface area contributed by atoms with Crippen LogP contribution in [-0.4, -0.2) is 81.6 Å². The number of amides is 2. The van der Waals surface area contributed by atoms with Crippen LogP contribution >= 0.6 is 0 Å². The number of allylic oxidation sites excluding steroid dienone is 1. The van der Waals surface area contributed by atoms with Crippen LogP contribution in [0.25, 0.3) is 0 Å². The Morgan fingerprint density at radius 1 is 1.31 bits per heavy atom. The first-order valence-corrected chi connectivity index (χ1v) is 8.48. The van der Waals surface area contributed by atoms with Crippen molar-refractivity contribution < 1.29 is 19.5 Å². The van der Waals surface area contributed by atoms with E-state index >= 15 is 0 Å². The molecule has 1 N–H and O–H groups in total. The predicted molar refractivity (Wildman–Crippen MR) is 92.7 cm³/mol. The summed E-state index contributed by atoms with van der Waals surface area (Å²) in [6.45, 7) is 1.12. The molecule has 0 radical (unpaired) electrons. The van der Waals surface area contributed by atoms with Gasteiger partial charge in [-0.2, -0.15) is 5.10 Å². The van der Waals surface area contributed by atoms with Crippen molar-refractivity contribution in [3.63, 3.8) is 0 Å². The Labute approximate surface area is 151 Å². The Morgan fingerprint density at radius 2 is 2.04 bits per heavy atom. The molecule has 0 saturated heterocycles. The molecular formula is C17H23N5O4. The van der Waals surface area contributed by atoms with Crippen LogP contribution in [0.15, 0.2) is 12.3 Å². The standard InChI is InChI=1S/C17H23N5O4/c1-19(2)6-5-14(23)11-8-20(3)16(24)15-12-10-21(17(25)26)7-4-13(12)18-22(15)9-11/h5-6,11H,4,7-10H2,1-3H3,(H,25,26)/b6-5+. The van der Waals surface area contributed by atoms with Gasteiger partial charge in [0.2, 0.25) is 0 Å². The number of hydrogen-bond acceptors (Lipinski definition) is 5.